The molecule has 21 heavy (non-hydrogen) atoms. The Morgan fingerprint density at radius 1 is 1.14 bits per heavy atom. The molecule has 2 heterocycles. The SMILES string of the molecule is CC(C)C(C)C(C)C1NC(N)C(CC(C)C2CNN2)C1C. The third-order valence-corrected chi connectivity index (χ3v) is 6.48. The van der Waals surface area contributed by atoms with Gasteiger partial charge in [-0.1, -0.05) is 41.5 Å². The molecule has 0 aromatic rings. The number of hydrogen-bond donors (Lipinski definition) is 4. The van der Waals surface area contributed by atoms with Crippen molar-refractivity contribution in [2.24, 2.45) is 41.2 Å². The Hall–Kier alpha value is -0.160. The van der Waals surface area contributed by atoms with Crippen molar-refractivity contribution in [3.8, 4) is 0 Å². The summed E-state index contributed by atoms with van der Waals surface area (Å²) in [7, 11) is 0. The van der Waals surface area contributed by atoms with E-state index in [1.807, 2.05) is 0 Å². The normalized spacial score (nSPS) is 40.9. The van der Waals surface area contributed by atoms with Crippen molar-refractivity contribution in [3.63, 3.8) is 0 Å². The van der Waals surface area contributed by atoms with Crippen molar-refractivity contribution in [1.82, 2.24) is 16.2 Å². The Morgan fingerprint density at radius 2 is 1.76 bits per heavy atom. The highest BCUT2D eigenvalue weighted by Crippen LogP contribution is 2.37. The highest BCUT2D eigenvalue weighted by Gasteiger charge is 2.43. The molecular weight excluding hydrogens is 260 g/mol. The molecule has 0 bridgehead atoms. The number of nitrogens with two attached hydrogens (primary N) is 1. The van der Waals surface area contributed by atoms with Crippen molar-refractivity contribution >= 4 is 0 Å². The topological polar surface area (TPSA) is 62.1 Å². The van der Waals surface area contributed by atoms with E-state index in [0.29, 0.717) is 35.8 Å². The first-order valence-corrected chi connectivity index (χ1v) is 8.83. The van der Waals surface area contributed by atoms with E-state index in [4.69, 9.17) is 5.73 Å². The maximum atomic E-state index is 6.43. The zero-order valence-corrected chi connectivity index (χ0v) is 14.7. The van der Waals surface area contributed by atoms with Gasteiger partial charge in [0.2, 0.25) is 0 Å². The van der Waals surface area contributed by atoms with Gasteiger partial charge in [0.25, 0.3) is 0 Å². The molecule has 124 valence electrons. The Morgan fingerprint density at radius 3 is 2.24 bits per heavy atom. The minimum atomic E-state index is 0.155. The first-order valence-electron chi connectivity index (χ1n) is 8.83. The molecule has 0 aromatic heterocycles. The van der Waals surface area contributed by atoms with Crippen LogP contribution in [0, 0.1) is 35.5 Å². The molecular formula is C17H36N4. The fourth-order valence-electron chi connectivity index (χ4n) is 4.17. The molecule has 0 aliphatic carbocycles. The molecule has 5 N–H and O–H groups in total. The molecule has 8 atom stereocenters. The van der Waals surface area contributed by atoms with Gasteiger partial charge in [-0.3, -0.25) is 16.2 Å². The first kappa shape index (κ1) is 17.2. The van der Waals surface area contributed by atoms with Crippen LogP contribution < -0.4 is 21.9 Å². The quantitative estimate of drug-likeness (QED) is 0.605. The molecule has 0 amide bonds. The second-order valence-electron chi connectivity index (χ2n) is 8.05. The van der Waals surface area contributed by atoms with Crippen LogP contribution in [0.15, 0.2) is 0 Å². The highest BCUT2D eigenvalue weighted by atomic mass is 15.5. The summed E-state index contributed by atoms with van der Waals surface area (Å²) in [5.74, 6) is 4.07. The molecule has 0 radical (unpaired) electrons. The van der Waals surface area contributed by atoms with Crippen LogP contribution in [0.1, 0.15) is 48.0 Å². The third-order valence-electron chi connectivity index (χ3n) is 6.48. The Balaban J connectivity index is 1.95. The van der Waals surface area contributed by atoms with Gasteiger partial charge in [-0.2, -0.15) is 0 Å². The molecule has 0 spiro atoms. The second-order valence-corrected chi connectivity index (χ2v) is 8.05. The Labute approximate surface area is 131 Å². The lowest BCUT2D eigenvalue weighted by atomic mass is 9.74. The van der Waals surface area contributed by atoms with Crippen LogP contribution in [-0.4, -0.2) is 24.8 Å². The summed E-state index contributed by atoms with van der Waals surface area (Å²) >= 11 is 0. The molecule has 2 rings (SSSR count). The van der Waals surface area contributed by atoms with Crippen molar-refractivity contribution < 1.29 is 0 Å². The van der Waals surface area contributed by atoms with Crippen molar-refractivity contribution in [3.05, 3.63) is 0 Å². The van der Waals surface area contributed by atoms with E-state index in [1.54, 1.807) is 0 Å². The lowest BCUT2D eigenvalue weighted by Crippen LogP contribution is -2.62. The van der Waals surface area contributed by atoms with Gasteiger partial charge >= 0.3 is 0 Å². The van der Waals surface area contributed by atoms with Crippen LogP contribution in [0.3, 0.4) is 0 Å². The average molecular weight is 297 g/mol. The van der Waals surface area contributed by atoms with E-state index in [9.17, 15) is 0 Å². The maximum absolute atomic E-state index is 6.43. The van der Waals surface area contributed by atoms with Gasteiger partial charge in [0.15, 0.2) is 0 Å². The van der Waals surface area contributed by atoms with Crippen LogP contribution in [0.25, 0.3) is 0 Å². The zero-order chi connectivity index (χ0) is 15.7. The van der Waals surface area contributed by atoms with Gasteiger partial charge in [0.1, 0.15) is 0 Å². The average Bonchev–Trinajstić information content (AvgIpc) is 2.62. The van der Waals surface area contributed by atoms with E-state index in [-0.39, 0.29) is 6.17 Å². The van der Waals surface area contributed by atoms with Gasteiger partial charge in [0, 0.05) is 18.6 Å². The lowest BCUT2D eigenvalue weighted by Gasteiger charge is -2.36. The summed E-state index contributed by atoms with van der Waals surface area (Å²) in [6.45, 7) is 15.3. The first-order chi connectivity index (χ1) is 9.82. The molecule has 2 fully saturated rings. The summed E-state index contributed by atoms with van der Waals surface area (Å²) in [5.41, 5.74) is 12.9. The Bertz CT molecular complexity index is 329. The molecule has 0 aromatic carbocycles. The number of rotatable bonds is 6. The fraction of sp³-hybridized carbons (Fsp3) is 1.00. The minimum absolute atomic E-state index is 0.155. The lowest BCUT2D eigenvalue weighted by molar-refractivity contribution is 0.171. The van der Waals surface area contributed by atoms with Crippen molar-refractivity contribution in [1.29, 1.82) is 0 Å². The van der Waals surface area contributed by atoms with Crippen LogP contribution in [0.4, 0.5) is 0 Å². The largest absolute Gasteiger partial charge is 0.316 e. The number of hydrazine groups is 1. The summed E-state index contributed by atoms with van der Waals surface area (Å²) < 4.78 is 0. The predicted molar refractivity (Wildman–Crippen MR) is 89.4 cm³/mol. The predicted octanol–water partition coefficient (Wildman–Crippen LogP) is 1.93. The van der Waals surface area contributed by atoms with Crippen LogP contribution in [0.5, 0.6) is 0 Å². The summed E-state index contributed by atoms with van der Waals surface area (Å²) in [5, 5.41) is 3.71. The van der Waals surface area contributed by atoms with E-state index in [2.05, 4.69) is 57.7 Å². The molecule has 8 unspecified atom stereocenters. The van der Waals surface area contributed by atoms with Gasteiger partial charge in [-0.05, 0) is 41.9 Å². The van der Waals surface area contributed by atoms with Gasteiger partial charge in [-0.15, -0.1) is 0 Å². The molecule has 2 saturated heterocycles. The number of hydrogen-bond acceptors (Lipinski definition) is 4. The maximum Gasteiger partial charge on any atom is 0.0580 e. The van der Waals surface area contributed by atoms with Crippen molar-refractivity contribution in [2.45, 2.75) is 66.2 Å². The standard InChI is InChI=1S/C17H36N4/c1-9(2)11(4)12(5)16-13(6)14(17(18)20-16)7-10(3)15-8-19-21-15/h9-17,19-21H,7-8,18H2,1-6H3. The van der Waals surface area contributed by atoms with E-state index in [1.165, 1.54) is 6.42 Å². The molecule has 2 aliphatic rings. The summed E-state index contributed by atoms with van der Waals surface area (Å²) in [6.07, 6.45) is 1.37. The van der Waals surface area contributed by atoms with E-state index in [0.717, 1.165) is 18.4 Å². The van der Waals surface area contributed by atoms with Crippen molar-refractivity contribution in [2.75, 3.05) is 6.54 Å². The minimum Gasteiger partial charge on any atom is -0.316 e. The van der Waals surface area contributed by atoms with E-state index < -0.39 is 0 Å². The van der Waals surface area contributed by atoms with Crippen LogP contribution in [-0.2, 0) is 0 Å². The highest BCUT2D eigenvalue weighted by molar-refractivity contribution is 4.98. The zero-order valence-electron chi connectivity index (χ0n) is 14.7. The van der Waals surface area contributed by atoms with Gasteiger partial charge in [-0.25, -0.2) is 0 Å². The second kappa shape index (κ2) is 6.95. The Kier molecular flexibility index (Phi) is 5.69. The molecule has 2 aliphatic heterocycles. The summed E-state index contributed by atoms with van der Waals surface area (Å²) in [6, 6.07) is 1.18. The molecule has 0 saturated carbocycles. The third kappa shape index (κ3) is 3.61. The van der Waals surface area contributed by atoms with Gasteiger partial charge < -0.3 is 5.73 Å². The summed E-state index contributed by atoms with van der Waals surface area (Å²) in [4.78, 5) is 0. The monoisotopic (exact) mass is 296 g/mol. The van der Waals surface area contributed by atoms with Gasteiger partial charge in [0.05, 0.1) is 6.17 Å². The van der Waals surface area contributed by atoms with Crippen LogP contribution >= 0.6 is 0 Å². The van der Waals surface area contributed by atoms with E-state index >= 15 is 0 Å². The molecule has 4 nitrogen and oxygen atoms in total. The fourth-order valence-corrected chi connectivity index (χ4v) is 4.17. The van der Waals surface area contributed by atoms with Crippen LogP contribution in [0.2, 0.25) is 0 Å². The number of nitrogens with one attached hydrogen (secondary N) is 3. The molecule has 4 heteroatoms. The smallest absolute Gasteiger partial charge is 0.0580 e.